The molecule has 0 spiro atoms. The van der Waals surface area contributed by atoms with Crippen molar-refractivity contribution < 1.29 is 32.3 Å². The van der Waals surface area contributed by atoms with Crippen LogP contribution in [0.2, 0.25) is 0 Å². The van der Waals surface area contributed by atoms with Crippen molar-refractivity contribution in [1.82, 2.24) is 19.5 Å². The van der Waals surface area contributed by atoms with Gasteiger partial charge in [0.05, 0.1) is 26.1 Å². The zero-order valence-corrected chi connectivity index (χ0v) is 22.4. The first-order chi connectivity index (χ1) is 19.0. The molecule has 1 saturated heterocycles. The van der Waals surface area contributed by atoms with Crippen LogP contribution in [-0.4, -0.2) is 58.7 Å². The number of hydrogen-bond donors (Lipinski definition) is 1. The summed E-state index contributed by atoms with van der Waals surface area (Å²) in [7, 11) is -0.934. The molecule has 206 valence electrons. The van der Waals surface area contributed by atoms with Crippen molar-refractivity contribution in [1.29, 1.82) is 0 Å². The van der Waals surface area contributed by atoms with Gasteiger partial charge < -0.3 is 19.9 Å². The van der Waals surface area contributed by atoms with Gasteiger partial charge in [-0.1, -0.05) is 60.7 Å². The van der Waals surface area contributed by atoms with E-state index in [1.807, 2.05) is 60.7 Å². The van der Waals surface area contributed by atoms with Gasteiger partial charge in [0.15, 0.2) is 17.7 Å². The summed E-state index contributed by atoms with van der Waals surface area (Å²) in [5, 5.41) is 0. The van der Waals surface area contributed by atoms with Gasteiger partial charge >= 0.3 is 7.82 Å². The minimum atomic E-state index is -4.03. The maximum Gasteiger partial charge on any atom is 0.475 e. The number of nitrogens with zero attached hydrogens (tertiary/aromatic N) is 4. The molecule has 39 heavy (non-hydrogen) atoms. The minimum Gasteiger partial charge on any atom is -0.382 e. The molecule has 1 aliphatic heterocycles. The molecule has 4 atom stereocenters. The average Bonchev–Trinajstić information content (AvgIpc) is 3.57. The molecule has 2 aromatic carbocycles. The van der Waals surface area contributed by atoms with E-state index in [2.05, 4.69) is 15.0 Å². The Bertz CT molecular complexity index is 1360. The van der Waals surface area contributed by atoms with Crippen LogP contribution in [0.3, 0.4) is 0 Å². The Labute approximate surface area is 225 Å². The van der Waals surface area contributed by atoms with Crippen molar-refractivity contribution in [3.05, 3.63) is 84.4 Å². The second-order valence-corrected chi connectivity index (χ2v) is 10.5. The van der Waals surface area contributed by atoms with Crippen molar-refractivity contribution in [2.24, 2.45) is 0 Å². The van der Waals surface area contributed by atoms with E-state index in [0.717, 1.165) is 11.1 Å². The van der Waals surface area contributed by atoms with Crippen molar-refractivity contribution >= 4 is 24.8 Å². The van der Waals surface area contributed by atoms with Crippen LogP contribution in [0, 0.1) is 0 Å². The summed E-state index contributed by atoms with van der Waals surface area (Å²) in [6, 6.07) is 18.7. The van der Waals surface area contributed by atoms with E-state index in [-0.39, 0.29) is 25.6 Å². The summed E-state index contributed by atoms with van der Waals surface area (Å²) >= 11 is 0. The second-order valence-electron chi connectivity index (χ2n) is 8.81. The first-order valence-corrected chi connectivity index (χ1v) is 13.7. The van der Waals surface area contributed by atoms with Crippen LogP contribution in [-0.2, 0) is 45.6 Å². The Kier molecular flexibility index (Phi) is 8.63. The molecule has 12 nitrogen and oxygen atoms in total. The van der Waals surface area contributed by atoms with Crippen LogP contribution in [0.4, 0.5) is 5.82 Å². The van der Waals surface area contributed by atoms with Crippen LogP contribution < -0.4 is 5.73 Å². The summed E-state index contributed by atoms with van der Waals surface area (Å²) in [4.78, 5) is 12.6. The van der Waals surface area contributed by atoms with Gasteiger partial charge in [-0.25, -0.2) is 19.5 Å². The molecule has 3 heterocycles. The molecule has 5 rings (SSSR count). The number of phosphoric acid groups is 1. The lowest BCUT2D eigenvalue weighted by atomic mass is 10.1. The van der Waals surface area contributed by atoms with Gasteiger partial charge in [-0.05, 0) is 11.1 Å². The highest BCUT2D eigenvalue weighted by Crippen LogP contribution is 2.52. The topological polar surface area (TPSA) is 142 Å². The fourth-order valence-electron chi connectivity index (χ4n) is 4.39. The molecule has 4 aromatic rings. The SMILES string of the molecule is COC1C(OC)[C@@H](COP(=O)(OCc2ccccc2)OCc2ccccc2)O[C@H]1n1cnc2c(N)ncnc21. The van der Waals surface area contributed by atoms with Gasteiger partial charge in [-0.2, -0.15) is 0 Å². The monoisotopic (exact) mass is 555 g/mol. The van der Waals surface area contributed by atoms with Gasteiger partial charge in [0, 0.05) is 14.2 Å². The number of phosphoric ester groups is 1. The Hall–Kier alpha value is -3.22. The number of methoxy groups -OCH3 is 2. The summed E-state index contributed by atoms with van der Waals surface area (Å²) in [5.74, 6) is 0.251. The predicted octanol–water partition coefficient (Wildman–Crippen LogP) is 3.89. The van der Waals surface area contributed by atoms with E-state index in [1.165, 1.54) is 6.33 Å². The summed E-state index contributed by atoms with van der Waals surface area (Å²) < 4.78 is 50.5. The molecular weight excluding hydrogens is 525 g/mol. The molecule has 0 saturated carbocycles. The molecule has 1 fully saturated rings. The number of fused-ring (bicyclic) bond motifs is 1. The van der Waals surface area contributed by atoms with Gasteiger partial charge in [0.2, 0.25) is 0 Å². The summed E-state index contributed by atoms with van der Waals surface area (Å²) in [6.45, 7) is -0.0747. The molecule has 0 amide bonds. The molecule has 2 unspecified atom stereocenters. The number of hydrogen-bond acceptors (Lipinski definition) is 11. The van der Waals surface area contributed by atoms with Gasteiger partial charge in [-0.3, -0.25) is 18.1 Å². The predicted molar refractivity (Wildman–Crippen MR) is 141 cm³/mol. The number of anilines is 1. The second kappa shape index (κ2) is 12.3. The highest BCUT2D eigenvalue weighted by atomic mass is 31.2. The minimum absolute atomic E-state index is 0.0393. The fourth-order valence-corrected chi connectivity index (χ4v) is 5.56. The van der Waals surface area contributed by atoms with E-state index >= 15 is 0 Å². The normalized spacial score (nSPS) is 21.5. The molecule has 13 heteroatoms. The number of imidazole rings is 1. The first kappa shape index (κ1) is 27.4. The lowest BCUT2D eigenvalue weighted by Crippen LogP contribution is -2.37. The third-order valence-electron chi connectivity index (χ3n) is 6.35. The van der Waals surface area contributed by atoms with Crippen LogP contribution in [0.5, 0.6) is 0 Å². The van der Waals surface area contributed by atoms with E-state index in [0.29, 0.717) is 11.2 Å². The van der Waals surface area contributed by atoms with E-state index in [1.54, 1.807) is 25.1 Å². The number of rotatable bonds is 12. The molecule has 2 aromatic heterocycles. The fraction of sp³-hybridized carbons (Fsp3) is 0.346. The van der Waals surface area contributed by atoms with Crippen LogP contribution in [0.15, 0.2) is 73.3 Å². The largest absolute Gasteiger partial charge is 0.475 e. The van der Waals surface area contributed by atoms with Crippen LogP contribution in [0.25, 0.3) is 11.2 Å². The Morgan fingerprint density at radius 3 is 2.08 bits per heavy atom. The lowest BCUT2D eigenvalue weighted by Gasteiger charge is -2.23. The number of nitrogens with two attached hydrogens (primary N) is 1. The first-order valence-electron chi connectivity index (χ1n) is 12.3. The number of aromatic nitrogens is 4. The van der Waals surface area contributed by atoms with Gasteiger partial charge in [-0.15, -0.1) is 0 Å². The molecule has 0 aliphatic carbocycles. The van der Waals surface area contributed by atoms with E-state index in [9.17, 15) is 4.57 Å². The highest BCUT2D eigenvalue weighted by Gasteiger charge is 2.48. The molecule has 0 radical (unpaired) electrons. The highest BCUT2D eigenvalue weighted by molar-refractivity contribution is 7.48. The Morgan fingerprint density at radius 1 is 0.872 bits per heavy atom. The molecular formula is C26H30N5O7P. The van der Waals surface area contributed by atoms with Crippen molar-refractivity contribution in [2.75, 3.05) is 26.6 Å². The average molecular weight is 556 g/mol. The maximum absolute atomic E-state index is 13.7. The zero-order valence-electron chi connectivity index (χ0n) is 21.5. The maximum atomic E-state index is 13.7. The smallest absolute Gasteiger partial charge is 0.382 e. The molecule has 2 N–H and O–H groups in total. The van der Waals surface area contributed by atoms with Gasteiger partial charge in [0.25, 0.3) is 0 Å². The summed E-state index contributed by atoms with van der Waals surface area (Å²) in [6.07, 6.45) is 0.406. The third-order valence-corrected chi connectivity index (χ3v) is 7.71. The van der Waals surface area contributed by atoms with E-state index in [4.69, 9.17) is 33.5 Å². The van der Waals surface area contributed by atoms with Crippen molar-refractivity contribution in [2.45, 2.75) is 37.8 Å². The standard InChI is InChI=1S/C26H30N5O7P/c1-33-22-20(38-26(23(22)34-2)31-17-30-21-24(27)28-16-29-25(21)31)15-37-39(32,35-13-18-9-5-3-6-10-18)36-14-19-11-7-4-8-12-19/h3-12,16-17,20,22-23,26H,13-15H2,1-2H3,(H2,27,28,29)/t20-,22?,23?,26-/m1/s1. The third kappa shape index (κ3) is 6.18. The summed E-state index contributed by atoms with van der Waals surface area (Å²) in [5.41, 5.74) is 8.52. The number of nitrogen functional groups attached to an aromatic ring is 1. The number of benzene rings is 2. The Balaban J connectivity index is 1.33. The van der Waals surface area contributed by atoms with Crippen molar-refractivity contribution in [3.8, 4) is 0 Å². The molecule has 0 bridgehead atoms. The van der Waals surface area contributed by atoms with E-state index < -0.39 is 32.4 Å². The molecule has 1 aliphatic rings. The Morgan fingerprint density at radius 2 is 1.49 bits per heavy atom. The van der Waals surface area contributed by atoms with Gasteiger partial charge in [0.1, 0.15) is 30.2 Å². The lowest BCUT2D eigenvalue weighted by molar-refractivity contribution is -0.0596. The number of ether oxygens (including phenoxy) is 3. The van der Waals surface area contributed by atoms with Crippen molar-refractivity contribution in [3.63, 3.8) is 0 Å². The quantitative estimate of drug-likeness (QED) is 0.254. The zero-order chi connectivity index (χ0) is 27.2. The van der Waals surface area contributed by atoms with Crippen LogP contribution >= 0.6 is 7.82 Å². The van der Waals surface area contributed by atoms with Crippen LogP contribution in [0.1, 0.15) is 17.4 Å².